The molecule has 0 atom stereocenters. The molecule has 25 heavy (non-hydrogen) atoms. The van der Waals surface area contributed by atoms with Crippen LogP contribution in [0.5, 0.6) is 0 Å². The molecule has 0 amide bonds. The lowest BCUT2D eigenvalue weighted by Gasteiger charge is -2.21. The molecule has 1 aromatic heterocycles. The number of hydrogen-bond donors (Lipinski definition) is 1. The molecule has 1 aromatic carbocycles. The van der Waals surface area contributed by atoms with E-state index in [1.54, 1.807) is 25.3 Å². The van der Waals surface area contributed by atoms with Crippen molar-refractivity contribution in [3.63, 3.8) is 0 Å². The van der Waals surface area contributed by atoms with E-state index in [4.69, 9.17) is 4.74 Å². The van der Waals surface area contributed by atoms with Crippen molar-refractivity contribution in [1.29, 1.82) is 0 Å². The normalized spacial score (nSPS) is 14.7. The maximum atomic E-state index is 11.7. The Morgan fingerprint density at radius 2 is 1.84 bits per heavy atom. The maximum absolute atomic E-state index is 11.7. The van der Waals surface area contributed by atoms with Gasteiger partial charge >= 0.3 is 5.97 Å². The fourth-order valence-electron chi connectivity index (χ4n) is 2.92. The second-order valence-corrected chi connectivity index (χ2v) is 6.06. The third-order valence-electron chi connectivity index (χ3n) is 4.22. The molecule has 0 bridgehead atoms. The van der Waals surface area contributed by atoms with Gasteiger partial charge in [0.25, 0.3) is 0 Å². The molecule has 2 heterocycles. The molecule has 0 aliphatic carbocycles. The van der Waals surface area contributed by atoms with Crippen molar-refractivity contribution in [2.24, 2.45) is 0 Å². The molecule has 3 rings (SSSR count). The number of esters is 1. The highest BCUT2D eigenvalue weighted by Crippen LogP contribution is 2.20. The molecule has 1 aliphatic rings. The lowest BCUT2D eigenvalue weighted by atomic mass is 10.2. The van der Waals surface area contributed by atoms with E-state index < -0.39 is 0 Å². The highest BCUT2D eigenvalue weighted by molar-refractivity contribution is 5.89. The highest BCUT2D eigenvalue weighted by atomic mass is 16.5. The molecule has 1 aliphatic heterocycles. The zero-order valence-corrected chi connectivity index (χ0v) is 14.6. The number of benzene rings is 1. The lowest BCUT2D eigenvalue weighted by Crippen LogP contribution is -2.25. The molecular weight excluding hydrogens is 316 g/mol. The number of nitrogens with one attached hydrogen (secondary N) is 1. The van der Waals surface area contributed by atoms with Crippen LogP contribution < -0.4 is 10.2 Å². The Morgan fingerprint density at radius 1 is 1.12 bits per heavy atom. The zero-order valence-electron chi connectivity index (χ0n) is 14.6. The average molecular weight is 340 g/mol. The molecule has 2 aromatic rings. The molecule has 1 fully saturated rings. The van der Waals surface area contributed by atoms with Crippen LogP contribution in [-0.2, 0) is 4.74 Å². The summed E-state index contributed by atoms with van der Waals surface area (Å²) in [5.41, 5.74) is 1.37. The van der Waals surface area contributed by atoms with Crippen molar-refractivity contribution in [1.82, 2.24) is 9.97 Å². The van der Waals surface area contributed by atoms with Crippen LogP contribution in [0.25, 0.3) is 0 Å². The summed E-state index contributed by atoms with van der Waals surface area (Å²) in [6.45, 7) is 4.26. The van der Waals surface area contributed by atoms with Gasteiger partial charge in [0.15, 0.2) is 0 Å². The van der Waals surface area contributed by atoms with Crippen LogP contribution in [0.3, 0.4) is 0 Å². The first kappa shape index (κ1) is 17.2. The van der Waals surface area contributed by atoms with Crippen molar-refractivity contribution < 1.29 is 9.53 Å². The number of nitrogens with zero attached hydrogens (tertiary/aromatic N) is 3. The van der Waals surface area contributed by atoms with Gasteiger partial charge in [-0.25, -0.2) is 9.78 Å². The van der Waals surface area contributed by atoms with Gasteiger partial charge in [-0.1, -0.05) is 12.8 Å². The van der Waals surface area contributed by atoms with Crippen LogP contribution in [0, 0.1) is 0 Å². The number of aromatic nitrogens is 2. The molecule has 0 saturated carbocycles. The summed E-state index contributed by atoms with van der Waals surface area (Å²) in [6, 6.07) is 9.08. The van der Waals surface area contributed by atoms with Crippen LogP contribution in [-0.4, -0.2) is 35.6 Å². The number of rotatable bonds is 5. The standard InChI is InChI=1S/C19H24N4O2/c1-2-25-18(24)15-7-9-16(10-8-15)21-19-20-12-11-17(22-19)23-13-5-3-4-6-14-23/h7-12H,2-6,13-14H2,1H3,(H,20,21,22). The van der Waals surface area contributed by atoms with Crippen LogP contribution in [0.15, 0.2) is 36.5 Å². The topological polar surface area (TPSA) is 67.3 Å². The molecule has 6 nitrogen and oxygen atoms in total. The van der Waals surface area contributed by atoms with Crippen molar-refractivity contribution in [2.45, 2.75) is 32.6 Å². The molecule has 0 spiro atoms. The van der Waals surface area contributed by atoms with Crippen LogP contribution >= 0.6 is 0 Å². The Kier molecular flexibility index (Phi) is 5.82. The van der Waals surface area contributed by atoms with E-state index in [0.717, 1.165) is 24.6 Å². The minimum absolute atomic E-state index is 0.312. The first-order valence-electron chi connectivity index (χ1n) is 8.88. The van der Waals surface area contributed by atoms with E-state index >= 15 is 0 Å². The minimum atomic E-state index is -0.312. The third-order valence-corrected chi connectivity index (χ3v) is 4.22. The first-order valence-corrected chi connectivity index (χ1v) is 8.88. The zero-order chi connectivity index (χ0) is 17.5. The predicted octanol–water partition coefficient (Wildman–Crippen LogP) is 3.78. The summed E-state index contributed by atoms with van der Waals surface area (Å²) in [5.74, 6) is 1.21. The number of anilines is 3. The van der Waals surface area contributed by atoms with Crippen LogP contribution in [0.2, 0.25) is 0 Å². The molecule has 132 valence electrons. The van der Waals surface area contributed by atoms with Crippen molar-refractivity contribution >= 4 is 23.4 Å². The van der Waals surface area contributed by atoms with Gasteiger partial charge in [-0.15, -0.1) is 0 Å². The smallest absolute Gasteiger partial charge is 0.338 e. The monoisotopic (exact) mass is 340 g/mol. The van der Waals surface area contributed by atoms with Gasteiger partial charge in [0.2, 0.25) is 5.95 Å². The summed E-state index contributed by atoms with van der Waals surface area (Å²) in [7, 11) is 0. The summed E-state index contributed by atoms with van der Waals surface area (Å²) >= 11 is 0. The Balaban J connectivity index is 1.68. The molecule has 1 N–H and O–H groups in total. The quantitative estimate of drug-likeness (QED) is 0.836. The third kappa shape index (κ3) is 4.68. The van der Waals surface area contributed by atoms with Crippen molar-refractivity contribution in [2.75, 3.05) is 29.9 Å². The van der Waals surface area contributed by atoms with Crippen LogP contribution in [0.1, 0.15) is 43.0 Å². The fourth-order valence-corrected chi connectivity index (χ4v) is 2.92. The first-order chi connectivity index (χ1) is 12.3. The Morgan fingerprint density at radius 3 is 2.52 bits per heavy atom. The largest absolute Gasteiger partial charge is 0.462 e. The van der Waals surface area contributed by atoms with E-state index in [1.165, 1.54) is 25.7 Å². The summed E-state index contributed by atoms with van der Waals surface area (Å²) < 4.78 is 4.99. The van der Waals surface area contributed by atoms with E-state index in [9.17, 15) is 4.79 Å². The Hall–Kier alpha value is -2.63. The van der Waals surface area contributed by atoms with Crippen molar-refractivity contribution in [3.8, 4) is 0 Å². The lowest BCUT2D eigenvalue weighted by molar-refractivity contribution is 0.0526. The highest BCUT2D eigenvalue weighted by Gasteiger charge is 2.12. The second kappa shape index (κ2) is 8.46. The molecule has 0 unspecified atom stereocenters. The SMILES string of the molecule is CCOC(=O)c1ccc(Nc2nccc(N3CCCCCC3)n2)cc1. The van der Waals surface area contributed by atoms with E-state index in [-0.39, 0.29) is 5.97 Å². The van der Waals surface area contributed by atoms with Crippen LogP contribution in [0.4, 0.5) is 17.5 Å². The minimum Gasteiger partial charge on any atom is -0.462 e. The maximum Gasteiger partial charge on any atom is 0.338 e. The van der Waals surface area contributed by atoms with E-state index in [0.29, 0.717) is 18.1 Å². The van der Waals surface area contributed by atoms with Gasteiger partial charge in [0, 0.05) is 25.0 Å². The Bertz CT molecular complexity index is 695. The molecule has 1 saturated heterocycles. The molecule has 0 radical (unpaired) electrons. The number of ether oxygens (including phenoxy) is 1. The summed E-state index contributed by atoms with van der Waals surface area (Å²) in [4.78, 5) is 22.9. The van der Waals surface area contributed by atoms with Gasteiger partial charge in [-0.05, 0) is 50.1 Å². The molecule has 6 heteroatoms. The van der Waals surface area contributed by atoms with Gasteiger partial charge in [-0.2, -0.15) is 4.98 Å². The number of hydrogen-bond acceptors (Lipinski definition) is 6. The van der Waals surface area contributed by atoms with Gasteiger partial charge < -0.3 is 15.0 Å². The van der Waals surface area contributed by atoms with E-state index in [1.807, 2.05) is 18.2 Å². The summed E-state index contributed by atoms with van der Waals surface area (Å²) in [6.07, 6.45) is 6.78. The summed E-state index contributed by atoms with van der Waals surface area (Å²) in [5, 5.41) is 3.20. The number of carbonyl (C=O) groups excluding carboxylic acids is 1. The van der Waals surface area contributed by atoms with E-state index in [2.05, 4.69) is 20.2 Å². The Labute approximate surface area is 148 Å². The van der Waals surface area contributed by atoms with Crippen molar-refractivity contribution in [3.05, 3.63) is 42.1 Å². The molecular formula is C19H24N4O2. The second-order valence-electron chi connectivity index (χ2n) is 6.06. The fraction of sp³-hybridized carbons (Fsp3) is 0.421. The average Bonchev–Trinajstić information content (AvgIpc) is 2.92. The van der Waals surface area contributed by atoms with Gasteiger partial charge in [0.1, 0.15) is 5.82 Å². The van der Waals surface area contributed by atoms with Gasteiger partial charge in [-0.3, -0.25) is 0 Å². The van der Waals surface area contributed by atoms with Gasteiger partial charge in [0.05, 0.1) is 12.2 Å². The predicted molar refractivity (Wildman–Crippen MR) is 98.4 cm³/mol. The number of carbonyl (C=O) groups is 1.